The van der Waals surface area contributed by atoms with Gasteiger partial charge in [-0.25, -0.2) is 4.79 Å². The van der Waals surface area contributed by atoms with Crippen molar-refractivity contribution in [1.82, 2.24) is 4.90 Å². The van der Waals surface area contributed by atoms with Crippen molar-refractivity contribution in [2.45, 2.75) is 180 Å². The number of aliphatic hydroxyl groups excluding tert-OH is 1. The second kappa shape index (κ2) is 26.5. The van der Waals surface area contributed by atoms with Crippen molar-refractivity contribution in [3.63, 3.8) is 0 Å². The van der Waals surface area contributed by atoms with Gasteiger partial charge in [-0.15, -0.1) is 0 Å². The van der Waals surface area contributed by atoms with E-state index in [1.54, 1.807) is 54.4 Å². The highest BCUT2D eigenvalue weighted by atomic mass is 31.2. The number of piperidine rings is 1. The molecule has 0 spiro atoms. The second-order valence-electron chi connectivity index (χ2n) is 20.9. The lowest BCUT2D eigenvalue weighted by atomic mass is 9.78. The molecule has 2 bridgehead atoms. The summed E-state index contributed by atoms with van der Waals surface area (Å²) in [6.07, 6.45) is 11.4. The van der Waals surface area contributed by atoms with Crippen LogP contribution in [-0.2, 0) is 56.7 Å². The molecular weight excluding hydrogens is 906 g/mol. The van der Waals surface area contributed by atoms with Crippen LogP contribution in [0.5, 0.6) is 0 Å². The Morgan fingerprint density at radius 1 is 0.870 bits per heavy atom. The van der Waals surface area contributed by atoms with Gasteiger partial charge in [0, 0.05) is 71.8 Å². The second-order valence-corrected chi connectivity index (χ2v) is 23.6. The summed E-state index contributed by atoms with van der Waals surface area (Å²) in [5, 5.41) is 23.5. The minimum Gasteiger partial charge on any atom is -0.460 e. The first kappa shape index (κ1) is 58.4. The highest BCUT2D eigenvalue weighted by molar-refractivity contribution is 7.57. The van der Waals surface area contributed by atoms with E-state index >= 15 is 0 Å². The molecule has 0 aromatic heterocycles. The molecule has 16 heteroatoms. The largest absolute Gasteiger partial charge is 0.460 e. The van der Waals surface area contributed by atoms with Crippen molar-refractivity contribution in [3.8, 4) is 0 Å². The standard InChI is InChI=1S/C53H84NO14P/c1-32-18-14-13-15-19-33(2)44(63-8)30-40-23-21-38(7)53(61,67-40)50(58)51(59)54-25-17-16-20-41(54)52(60)66-45(35(4)28-39-22-24-43(46(29-39)64-9)68-69(11,12)62)31-42(55)34(3)27-37(6)48(57)49(65-10)47(56)36(5)26-32/h13-15,18-19,27,32,35-41,43-46,48-49,57,61H,16-17,20-26,28-31H2,1-12H3/t32-,35-,36-,37?,38-,39?,40+,41+,43-,44+,45?,46-,48-,49+,53-/m1/s1. The number of allylic oxidation sites excluding steroid dienone is 6. The molecule has 0 aromatic carbocycles. The number of Topliss-reactive ketones (excluding diaryl/α,β-unsaturated/α-hetero) is 3. The molecule has 69 heavy (non-hydrogen) atoms. The Morgan fingerprint density at radius 3 is 2.23 bits per heavy atom. The van der Waals surface area contributed by atoms with E-state index in [1.807, 2.05) is 58.1 Å². The third-order valence-electron chi connectivity index (χ3n) is 14.9. The van der Waals surface area contributed by atoms with E-state index < -0.39 is 85.1 Å². The molecule has 0 radical (unpaired) electrons. The average molecular weight is 990 g/mol. The zero-order chi connectivity index (χ0) is 51.4. The summed E-state index contributed by atoms with van der Waals surface area (Å²) in [4.78, 5) is 72.2. The van der Waals surface area contributed by atoms with Crippen molar-refractivity contribution in [2.75, 3.05) is 41.2 Å². The number of esters is 1. The number of nitrogens with zero attached hydrogens (tertiary/aromatic N) is 1. The lowest BCUT2D eigenvalue weighted by Gasteiger charge is -2.42. The minimum atomic E-state index is -2.79. The molecule has 2 N–H and O–H groups in total. The number of ketones is 3. The van der Waals surface area contributed by atoms with Gasteiger partial charge < -0.3 is 43.3 Å². The number of methoxy groups -OCH3 is 3. The van der Waals surface area contributed by atoms with Crippen LogP contribution in [0.4, 0.5) is 0 Å². The van der Waals surface area contributed by atoms with Crippen LogP contribution in [0.2, 0.25) is 0 Å². The van der Waals surface area contributed by atoms with Gasteiger partial charge in [0.2, 0.25) is 5.79 Å². The van der Waals surface area contributed by atoms with Crippen molar-refractivity contribution in [1.29, 1.82) is 0 Å². The first-order valence-electron chi connectivity index (χ1n) is 25.2. The van der Waals surface area contributed by atoms with E-state index in [2.05, 4.69) is 0 Å². The molecule has 390 valence electrons. The number of carbonyl (C=O) groups is 5. The Kier molecular flexibility index (Phi) is 22.5. The van der Waals surface area contributed by atoms with Gasteiger partial charge >= 0.3 is 5.97 Å². The topological polar surface area (TPSA) is 201 Å². The Morgan fingerprint density at radius 2 is 1.58 bits per heavy atom. The third-order valence-corrected chi connectivity index (χ3v) is 15.6. The maximum Gasteiger partial charge on any atom is 0.329 e. The van der Waals surface area contributed by atoms with Gasteiger partial charge in [-0.05, 0) is 107 Å². The zero-order valence-electron chi connectivity index (χ0n) is 43.4. The van der Waals surface area contributed by atoms with Crippen LogP contribution in [-0.4, -0.2) is 140 Å². The lowest BCUT2D eigenvalue weighted by Crippen LogP contribution is -2.61. The molecule has 1 aliphatic carbocycles. The molecule has 3 unspecified atom stereocenters. The van der Waals surface area contributed by atoms with Crippen molar-refractivity contribution in [2.24, 2.45) is 35.5 Å². The van der Waals surface area contributed by atoms with E-state index in [0.717, 1.165) is 12.0 Å². The van der Waals surface area contributed by atoms with Crippen LogP contribution in [0, 0.1) is 35.5 Å². The Bertz CT molecular complexity index is 1940. The number of hydrogen-bond donors (Lipinski definition) is 2. The quantitative estimate of drug-likeness (QED) is 0.136. The molecule has 1 amide bonds. The summed E-state index contributed by atoms with van der Waals surface area (Å²) in [6, 6.07) is -1.16. The number of ether oxygens (including phenoxy) is 5. The van der Waals surface area contributed by atoms with Crippen molar-refractivity contribution < 1.29 is 67.0 Å². The average Bonchev–Trinajstić information content (AvgIpc) is 3.30. The summed E-state index contributed by atoms with van der Waals surface area (Å²) in [6.45, 7) is 15.9. The number of rotatable bonds is 8. The molecule has 15 atom stereocenters. The number of hydrogen-bond acceptors (Lipinski definition) is 14. The van der Waals surface area contributed by atoms with Crippen LogP contribution in [0.15, 0.2) is 47.6 Å². The molecule has 2 saturated heterocycles. The van der Waals surface area contributed by atoms with Gasteiger partial charge in [-0.2, -0.15) is 0 Å². The number of amides is 1. The van der Waals surface area contributed by atoms with E-state index in [4.69, 9.17) is 28.2 Å². The van der Waals surface area contributed by atoms with Gasteiger partial charge in [0.25, 0.3) is 11.7 Å². The van der Waals surface area contributed by atoms with E-state index in [0.29, 0.717) is 63.4 Å². The van der Waals surface area contributed by atoms with Crippen LogP contribution in [0.1, 0.15) is 126 Å². The highest BCUT2D eigenvalue weighted by Crippen LogP contribution is 2.45. The van der Waals surface area contributed by atoms with Crippen LogP contribution in [0.25, 0.3) is 0 Å². The normalized spacial score (nSPS) is 36.6. The van der Waals surface area contributed by atoms with Gasteiger partial charge in [-0.3, -0.25) is 23.7 Å². The fourth-order valence-corrected chi connectivity index (χ4v) is 11.5. The summed E-state index contributed by atoms with van der Waals surface area (Å²) >= 11 is 0. The summed E-state index contributed by atoms with van der Waals surface area (Å²) in [5.74, 6) is -8.08. The van der Waals surface area contributed by atoms with Crippen molar-refractivity contribution in [3.05, 3.63) is 47.6 Å². The predicted octanol–water partition coefficient (Wildman–Crippen LogP) is 7.74. The lowest BCUT2D eigenvalue weighted by molar-refractivity contribution is -0.265. The number of fused-ring (bicyclic) bond motifs is 3. The van der Waals surface area contributed by atoms with Gasteiger partial charge in [0.05, 0.1) is 30.5 Å². The number of carbonyl (C=O) groups excluding carboxylic acids is 5. The van der Waals surface area contributed by atoms with Gasteiger partial charge in [0.15, 0.2) is 18.9 Å². The Balaban J connectivity index is 1.70. The first-order chi connectivity index (χ1) is 32.4. The molecule has 4 rings (SSSR count). The molecule has 4 aliphatic rings. The molecule has 3 fully saturated rings. The fraction of sp³-hybridized carbons (Fsp3) is 0.755. The van der Waals surface area contributed by atoms with Crippen LogP contribution < -0.4 is 0 Å². The third kappa shape index (κ3) is 16.2. The smallest absolute Gasteiger partial charge is 0.329 e. The number of cyclic esters (lactones) is 1. The predicted molar refractivity (Wildman–Crippen MR) is 263 cm³/mol. The Hall–Kier alpha value is -3.14. The molecule has 3 heterocycles. The maximum absolute atomic E-state index is 14.5. The van der Waals surface area contributed by atoms with E-state index in [1.165, 1.54) is 12.0 Å². The minimum absolute atomic E-state index is 0.0144. The summed E-state index contributed by atoms with van der Waals surface area (Å²) in [5.41, 5.74) is 1.18. The SMILES string of the molecule is CO[C@H]1C[C@@H]2CC[C@@H](C)[C@@](O)(O2)C(=O)C(=O)N2CCCC[C@H]2C(=O)OC([C@H](C)CC2CC[C@@H](OP(C)(C)=O)[C@H](OC)C2)CC(=O)C(C)=CC(C)[C@@H](O)[C@@H](OC)C(=O)[C@H](C)C[C@H](C)C=CC=CC=C1C. The molecule has 1 saturated carbocycles. The fourth-order valence-electron chi connectivity index (χ4n) is 10.6. The van der Waals surface area contributed by atoms with E-state index in [9.17, 15) is 38.8 Å². The number of aliphatic hydroxyl groups is 2. The van der Waals surface area contributed by atoms with E-state index in [-0.39, 0.29) is 60.9 Å². The highest BCUT2D eigenvalue weighted by Gasteiger charge is 2.53. The Labute approximate surface area is 411 Å². The molecule has 3 aliphatic heterocycles. The van der Waals surface area contributed by atoms with Gasteiger partial charge in [-0.1, -0.05) is 71.1 Å². The monoisotopic (exact) mass is 990 g/mol. The maximum atomic E-state index is 14.5. The van der Waals surface area contributed by atoms with Gasteiger partial charge in [0.1, 0.15) is 18.2 Å². The molecule has 15 nitrogen and oxygen atoms in total. The summed E-state index contributed by atoms with van der Waals surface area (Å²) in [7, 11) is 1.76. The first-order valence-corrected chi connectivity index (χ1v) is 27.7. The molecular formula is C53H84NO14P. The van der Waals surface area contributed by atoms with Crippen LogP contribution >= 0.6 is 7.37 Å². The van der Waals surface area contributed by atoms with Crippen LogP contribution in [0.3, 0.4) is 0 Å². The zero-order valence-corrected chi connectivity index (χ0v) is 44.3. The summed E-state index contributed by atoms with van der Waals surface area (Å²) < 4.78 is 48.2. The molecule has 0 aromatic rings. The van der Waals surface area contributed by atoms with Crippen molar-refractivity contribution >= 4 is 36.6 Å².